The molecular formula is C15H18BN3O2S. The molecular weight excluding hydrogens is 297 g/mol. The lowest BCUT2D eigenvalue weighted by Gasteiger charge is -2.39. The molecule has 2 aliphatic rings. The highest BCUT2D eigenvalue weighted by Gasteiger charge is 2.37. The number of nitrogens with zero attached hydrogens (tertiary/aromatic N) is 1. The SMILES string of the molecule is CCSNC1CC(C2=CB(O)Oc3cnc4[nH]ccc4c32)C1. The number of aromatic amines is 1. The van der Waals surface area contributed by atoms with Crippen molar-refractivity contribution in [3.8, 4) is 5.75 Å². The van der Waals surface area contributed by atoms with Gasteiger partial charge in [0.1, 0.15) is 11.4 Å². The minimum atomic E-state index is -0.877. The first-order valence-corrected chi connectivity index (χ1v) is 8.65. The fourth-order valence-corrected chi connectivity index (χ4v) is 3.88. The third-order valence-corrected chi connectivity index (χ3v) is 5.17. The van der Waals surface area contributed by atoms with Crippen LogP contribution in [0.2, 0.25) is 0 Å². The van der Waals surface area contributed by atoms with Crippen LogP contribution >= 0.6 is 11.9 Å². The van der Waals surface area contributed by atoms with E-state index in [2.05, 4.69) is 21.6 Å². The van der Waals surface area contributed by atoms with Crippen molar-refractivity contribution in [1.82, 2.24) is 14.7 Å². The molecule has 5 nitrogen and oxygen atoms in total. The van der Waals surface area contributed by atoms with Gasteiger partial charge in [0, 0.05) is 28.9 Å². The van der Waals surface area contributed by atoms with Gasteiger partial charge in [-0.15, -0.1) is 0 Å². The van der Waals surface area contributed by atoms with E-state index in [1.54, 1.807) is 18.1 Å². The van der Waals surface area contributed by atoms with Crippen LogP contribution in [-0.2, 0) is 0 Å². The van der Waals surface area contributed by atoms with Crippen LogP contribution in [0.25, 0.3) is 16.6 Å². The number of pyridine rings is 1. The van der Waals surface area contributed by atoms with Crippen molar-refractivity contribution >= 4 is 35.7 Å². The molecule has 0 amide bonds. The van der Waals surface area contributed by atoms with Gasteiger partial charge in [-0.05, 0) is 36.4 Å². The van der Waals surface area contributed by atoms with Gasteiger partial charge in [-0.3, -0.25) is 4.72 Å². The van der Waals surface area contributed by atoms with Crippen molar-refractivity contribution in [3.63, 3.8) is 0 Å². The Labute approximate surface area is 133 Å². The van der Waals surface area contributed by atoms with Crippen molar-refractivity contribution in [2.24, 2.45) is 5.92 Å². The first-order valence-electron chi connectivity index (χ1n) is 7.66. The van der Waals surface area contributed by atoms with E-state index in [0.717, 1.165) is 35.2 Å². The quantitative estimate of drug-likeness (QED) is 0.597. The fraction of sp³-hybridized carbons (Fsp3) is 0.400. The van der Waals surface area contributed by atoms with Crippen molar-refractivity contribution < 1.29 is 9.68 Å². The van der Waals surface area contributed by atoms with Gasteiger partial charge in [-0.2, -0.15) is 0 Å². The van der Waals surface area contributed by atoms with Gasteiger partial charge < -0.3 is 14.7 Å². The van der Waals surface area contributed by atoms with Crippen LogP contribution in [0.5, 0.6) is 5.75 Å². The van der Waals surface area contributed by atoms with Gasteiger partial charge in [-0.1, -0.05) is 18.9 Å². The van der Waals surface area contributed by atoms with Gasteiger partial charge >= 0.3 is 7.12 Å². The Kier molecular flexibility index (Phi) is 3.64. The molecule has 1 aliphatic carbocycles. The van der Waals surface area contributed by atoms with Crippen LogP contribution in [0, 0.1) is 5.92 Å². The maximum absolute atomic E-state index is 9.97. The second kappa shape index (κ2) is 5.64. The number of nitrogens with one attached hydrogen (secondary N) is 2. The zero-order chi connectivity index (χ0) is 15.1. The molecule has 2 aromatic heterocycles. The lowest BCUT2D eigenvalue weighted by molar-refractivity contribution is 0.315. The van der Waals surface area contributed by atoms with Gasteiger partial charge in [0.2, 0.25) is 0 Å². The summed E-state index contributed by atoms with van der Waals surface area (Å²) in [7, 11) is -0.877. The number of hydrogen-bond donors (Lipinski definition) is 3. The summed E-state index contributed by atoms with van der Waals surface area (Å²) in [4.78, 5) is 7.49. The van der Waals surface area contributed by atoms with Crippen LogP contribution in [0.1, 0.15) is 25.3 Å². The van der Waals surface area contributed by atoms with E-state index >= 15 is 0 Å². The summed E-state index contributed by atoms with van der Waals surface area (Å²) in [6.45, 7) is 2.15. The number of H-pyrrole nitrogens is 1. The molecule has 1 aliphatic heterocycles. The summed E-state index contributed by atoms with van der Waals surface area (Å²) in [5, 5.41) is 11.0. The highest BCUT2D eigenvalue weighted by Crippen LogP contribution is 2.46. The highest BCUT2D eigenvalue weighted by molar-refractivity contribution is 7.97. The topological polar surface area (TPSA) is 70.2 Å². The summed E-state index contributed by atoms with van der Waals surface area (Å²) in [6.07, 6.45) is 5.79. The van der Waals surface area contributed by atoms with Crippen LogP contribution in [-0.4, -0.2) is 33.9 Å². The van der Waals surface area contributed by atoms with Crippen molar-refractivity contribution in [1.29, 1.82) is 0 Å². The minimum Gasteiger partial charge on any atom is -0.531 e. The Hall–Kier alpha value is -1.44. The molecule has 7 heteroatoms. The number of hydrogen-bond acceptors (Lipinski definition) is 5. The lowest BCUT2D eigenvalue weighted by atomic mass is 9.68. The van der Waals surface area contributed by atoms with E-state index in [-0.39, 0.29) is 0 Å². The van der Waals surface area contributed by atoms with E-state index in [4.69, 9.17) is 4.65 Å². The zero-order valence-corrected chi connectivity index (χ0v) is 13.2. The molecule has 114 valence electrons. The van der Waals surface area contributed by atoms with Crippen molar-refractivity contribution in [2.45, 2.75) is 25.8 Å². The fourth-order valence-electron chi connectivity index (χ4n) is 3.29. The molecule has 0 spiro atoms. The summed E-state index contributed by atoms with van der Waals surface area (Å²) in [5.41, 5.74) is 3.14. The van der Waals surface area contributed by atoms with E-state index in [1.165, 1.54) is 5.57 Å². The van der Waals surface area contributed by atoms with Crippen LogP contribution in [0.3, 0.4) is 0 Å². The monoisotopic (exact) mass is 315 g/mol. The Morgan fingerprint density at radius 1 is 1.55 bits per heavy atom. The number of fused-ring (bicyclic) bond motifs is 3. The van der Waals surface area contributed by atoms with E-state index < -0.39 is 7.12 Å². The molecule has 0 radical (unpaired) electrons. The second-order valence-corrected chi connectivity index (χ2v) is 6.89. The van der Waals surface area contributed by atoms with Crippen molar-refractivity contribution in [2.75, 3.05) is 5.75 Å². The third kappa shape index (κ3) is 2.33. The Morgan fingerprint density at radius 3 is 3.23 bits per heavy atom. The van der Waals surface area contributed by atoms with Crippen LogP contribution in [0.15, 0.2) is 24.4 Å². The summed E-state index contributed by atoms with van der Waals surface area (Å²) >= 11 is 1.77. The Balaban J connectivity index is 1.65. The summed E-state index contributed by atoms with van der Waals surface area (Å²) < 4.78 is 9.02. The van der Waals surface area contributed by atoms with Gasteiger partial charge in [0.25, 0.3) is 0 Å². The van der Waals surface area contributed by atoms with Gasteiger partial charge in [0.05, 0.1) is 6.20 Å². The smallest absolute Gasteiger partial charge is 0.531 e. The summed E-state index contributed by atoms with van der Waals surface area (Å²) in [5.74, 6) is 4.07. The first-order chi connectivity index (χ1) is 10.8. The van der Waals surface area contributed by atoms with Crippen LogP contribution in [0.4, 0.5) is 0 Å². The Morgan fingerprint density at radius 2 is 2.41 bits per heavy atom. The molecule has 0 unspecified atom stereocenters. The molecule has 1 fully saturated rings. The average molecular weight is 315 g/mol. The lowest BCUT2D eigenvalue weighted by Crippen LogP contribution is -2.39. The molecule has 1 saturated carbocycles. The number of rotatable bonds is 4. The number of allylic oxidation sites excluding steroid dienone is 1. The molecule has 0 aromatic carbocycles. The van der Waals surface area contributed by atoms with E-state index in [0.29, 0.717) is 17.7 Å². The molecule has 0 atom stereocenters. The molecule has 3 heterocycles. The minimum absolute atomic E-state index is 0.466. The van der Waals surface area contributed by atoms with Crippen molar-refractivity contribution in [3.05, 3.63) is 30.0 Å². The van der Waals surface area contributed by atoms with E-state index in [1.807, 2.05) is 18.2 Å². The predicted octanol–water partition coefficient (Wildman–Crippen LogP) is 2.39. The molecule has 2 aromatic rings. The highest BCUT2D eigenvalue weighted by atomic mass is 32.2. The normalized spacial score (nSPS) is 23.7. The summed E-state index contributed by atoms with van der Waals surface area (Å²) in [6, 6.07) is 2.58. The Bertz CT molecular complexity index is 727. The van der Waals surface area contributed by atoms with Gasteiger partial charge in [0.15, 0.2) is 0 Å². The third-order valence-electron chi connectivity index (χ3n) is 4.38. The molecule has 22 heavy (non-hydrogen) atoms. The second-order valence-electron chi connectivity index (χ2n) is 5.78. The number of aromatic nitrogens is 2. The first kappa shape index (κ1) is 14.2. The molecule has 0 bridgehead atoms. The largest absolute Gasteiger partial charge is 0.552 e. The molecule has 0 saturated heterocycles. The maximum Gasteiger partial charge on any atom is 0.552 e. The maximum atomic E-state index is 9.97. The van der Waals surface area contributed by atoms with Gasteiger partial charge in [-0.25, -0.2) is 4.98 Å². The average Bonchev–Trinajstić information content (AvgIpc) is 2.93. The molecule has 4 rings (SSSR count). The predicted molar refractivity (Wildman–Crippen MR) is 90.5 cm³/mol. The van der Waals surface area contributed by atoms with Crippen LogP contribution < -0.4 is 9.38 Å². The molecule has 3 N–H and O–H groups in total. The van der Waals surface area contributed by atoms with E-state index in [9.17, 15) is 5.02 Å². The standard InChI is InChI=1S/C15H18BN3O2S/c1-2-22-19-10-5-9(6-10)12-7-16(20)21-13-8-18-15-11(14(12)13)3-4-17-15/h3-4,7-10,19-20H,2,5-6H2,1H3,(H,17,18). The zero-order valence-electron chi connectivity index (χ0n) is 12.4.